The molecule has 0 spiro atoms. The van der Waals surface area contributed by atoms with Gasteiger partial charge in [-0.2, -0.15) is 0 Å². The number of aromatic nitrogens is 1. The Morgan fingerprint density at radius 3 is 3.00 bits per heavy atom. The molecule has 15 heavy (non-hydrogen) atoms. The first-order valence-electron chi connectivity index (χ1n) is 5.17. The van der Waals surface area contributed by atoms with E-state index >= 15 is 0 Å². The SMILES string of the molecule is C=CCCC(C)NCc1ccc(Cl)nc1. The summed E-state index contributed by atoms with van der Waals surface area (Å²) in [6.45, 7) is 6.72. The van der Waals surface area contributed by atoms with E-state index in [2.05, 4.69) is 23.8 Å². The van der Waals surface area contributed by atoms with E-state index in [1.165, 1.54) is 0 Å². The fourth-order valence-electron chi connectivity index (χ4n) is 1.27. The molecule has 0 radical (unpaired) electrons. The molecule has 0 amide bonds. The third-order valence-corrected chi connectivity index (χ3v) is 2.47. The van der Waals surface area contributed by atoms with Crippen LogP contribution in [0, 0.1) is 0 Å². The molecule has 2 nitrogen and oxygen atoms in total. The smallest absolute Gasteiger partial charge is 0.129 e. The maximum absolute atomic E-state index is 5.70. The molecule has 1 heterocycles. The minimum absolute atomic E-state index is 0.499. The van der Waals surface area contributed by atoms with E-state index < -0.39 is 0 Å². The summed E-state index contributed by atoms with van der Waals surface area (Å²) in [4.78, 5) is 4.03. The molecule has 0 bridgehead atoms. The van der Waals surface area contributed by atoms with Crippen LogP contribution < -0.4 is 5.32 Å². The number of allylic oxidation sites excluding steroid dienone is 1. The van der Waals surface area contributed by atoms with Crippen LogP contribution in [0.3, 0.4) is 0 Å². The van der Waals surface area contributed by atoms with Crippen LogP contribution in [0.15, 0.2) is 31.0 Å². The highest BCUT2D eigenvalue weighted by Gasteiger charge is 2.00. The lowest BCUT2D eigenvalue weighted by Crippen LogP contribution is -2.25. The second-order valence-corrected chi connectivity index (χ2v) is 4.02. The number of hydrogen-bond acceptors (Lipinski definition) is 2. The van der Waals surface area contributed by atoms with Crippen LogP contribution in [0.4, 0.5) is 0 Å². The summed E-state index contributed by atoms with van der Waals surface area (Å²) in [6.07, 6.45) is 5.91. The van der Waals surface area contributed by atoms with Crippen LogP contribution >= 0.6 is 11.6 Å². The number of halogens is 1. The third-order valence-electron chi connectivity index (χ3n) is 2.25. The zero-order valence-electron chi connectivity index (χ0n) is 9.04. The highest BCUT2D eigenvalue weighted by molar-refractivity contribution is 6.29. The molecule has 82 valence electrons. The number of nitrogens with zero attached hydrogens (tertiary/aromatic N) is 1. The van der Waals surface area contributed by atoms with Crippen LogP contribution in [0.5, 0.6) is 0 Å². The molecule has 1 unspecified atom stereocenters. The van der Waals surface area contributed by atoms with Gasteiger partial charge in [0.25, 0.3) is 0 Å². The fourth-order valence-corrected chi connectivity index (χ4v) is 1.38. The first-order valence-corrected chi connectivity index (χ1v) is 5.55. The molecule has 1 N–H and O–H groups in total. The number of hydrogen-bond donors (Lipinski definition) is 1. The van der Waals surface area contributed by atoms with Gasteiger partial charge in [-0.1, -0.05) is 23.7 Å². The lowest BCUT2D eigenvalue weighted by molar-refractivity contribution is 0.517. The molecule has 3 heteroatoms. The first kappa shape index (κ1) is 12.2. The Kier molecular flexibility index (Phi) is 5.37. The molecule has 0 aliphatic carbocycles. The zero-order valence-corrected chi connectivity index (χ0v) is 9.80. The van der Waals surface area contributed by atoms with Crippen molar-refractivity contribution < 1.29 is 0 Å². The van der Waals surface area contributed by atoms with Crippen LogP contribution in [0.25, 0.3) is 0 Å². The van der Waals surface area contributed by atoms with Crippen molar-refractivity contribution in [2.75, 3.05) is 0 Å². The van der Waals surface area contributed by atoms with Crippen molar-refractivity contribution in [2.45, 2.75) is 32.4 Å². The Morgan fingerprint density at radius 2 is 2.40 bits per heavy atom. The van der Waals surface area contributed by atoms with E-state index in [4.69, 9.17) is 11.6 Å². The van der Waals surface area contributed by atoms with Crippen molar-refractivity contribution in [3.05, 3.63) is 41.7 Å². The maximum atomic E-state index is 5.70. The standard InChI is InChI=1S/C12H17ClN2/c1-3-4-5-10(2)14-8-11-6-7-12(13)15-9-11/h3,6-7,9-10,14H,1,4-5,8H2,2H3. The van der Waals surface area contributed by atoms with E-state index in [9.17, 15) is 0 Å². The summed E-state index contributed by atoms with van der Waals surface area (Å²) >= 11 is 5.70. The monoisotopic (exact) mass is 224 g/mol. The van der Waals surface area contributed by atoms with Gasteiger partial charge < -0.3 is 5.32 Å². The second-order valence-electron chi connectivity index (χ2n) is 3.64. The molecular formula is C12H17ClN2. The Bertz CT molecular complexity index is 295. The van der Waals surface area contributed by atoms with Crippen molar-refractivity contribution in [1.29, 1.82) is 0 Å². The van der Waals surface area contributed by atoms with Gasteiger partial charge >= 0.3 is 0 Å². The van der Waals surface area contributed by atoms with Crippen LogP contribution in [-0.4, -0.2) is 11.0 Å². The Morgan fingerprint density at radius 1 is 1.60 bits per heavy atom. The number of pyridine rings is 1. The van der Waals surface area contributed by atoms with E-state index in [0.29, 0.717) is 11.2 Å². The Labute approximate surface area is 96.4 Å². The zero-order chi connectivity index (χ0) is 11.1. The fraction of sp³-hybridized carbons (Fsp3) is 0.417. The van der Waals surface area contributed by atoms with Crippen molar-refractivity contribution in [3.63, 3.8) is 0 Å². The van der Waals surface area contributed by atoms with Gasteiger partial charge in [-0.3, -0.25) is 0 Å². The molecule has 0 fully saturated rings. The Balaban J connectivity index is 2.30. The molecule has 0 aromatic carbocycles. The maximum Gasteiger partial charge on any atom is 0.129 e. The average Bonchev–Trinajstić information content (AvgIpc) is 2.25. The molecule has 1 aromatic rings. The van der Waals surface area contributed by atoms with Gasteiger partial charge in [0, 0.05) is 18.8 Å². The quantitative estimate of drug-likeness (QED) is 0.593. The van der Waals surface area contributed by atoms with Gasteiger partial charge in [0.2, 0.25) is 0 Å². The third kappa shape index (κ3) is 4.96. The molecule has 0 aliphatic rings. The van der Waals surface area contributed by atoms with Crippen LogP contribution in [0.2, 0.25) is 5.15 Å². The van der Waals surface area contributed by atoms with Crippen molar-refractivity contribution in [2.24, 2.45) is 0 Å². The highest BCUT2D eigenvalue weighted by Crippen LogP contribution is 2.05. The van der Waals surface area contributed by atoms with Gasteiger partial charge in [0.1, 0.15) is 5.15 Å². The predicted octanol–water partition coefficient (Wildman–Crippen LogP) is 3.18. The summed E-state index contributed by atoms with van der Waals surface area (Å²) in [6, 6.07) is 4.30. The van der Waals surface area contributed by atoms with E-state index in [-0.39, 0.29) is 0 Å². The van der Waals surface area contributed by atoms with Gasteiger partial charge in [-0.05, 0) is 31.4 Å². The van der Waals surface area contributed by atoms with Crippen molar-refractivity contribution in [3.8, 4) is 0 Å². The molecular weight excluding hydrogens is 208 g/mol. The van der Waals surface area contributed by atoms with Crippen LogP contribution in [-0.2, 0) is 6.54 Å². The highest BCUT2D eigenvalue weighted by atomic mass is 35.5. The molecule has 1 atom stereocenters. The number of nitrogens with one attached hydrogen (secondary N) is 1. The molecule has 0 saturated heterocycles. The molecule has 1 aromatic heterocycles. The minimum atomic E-state index is 0.499. The summed E-state index contributed by atoms with van der Waals surface area (Å²) in [5.74, 6) is 0. The average molecular weight is 225 g/mol. The largest absolute Gasteiger partial charge is 0.310 e. The normalized spacial score (nSPS) is 12.4. The predicted molar refractivity (Wildman–Crippen MR) is 65.0 cm³/mol. The number of rotatable bonds is 6. The van der Waals surface area contributed by atoms with Crippen LogP contribution in [0.1, 0.15) is 25.3 Å². The van der Waals surface area contributed by atoms with Gasteiger partial charge in [-0.15, -0.1) is 6.58 Å². The second kappa shape index (κ2) is 6.59. The lowest BCUT2D eigenvalue weighted by Gasteiger charge is -2.12. The Hall–Kier alpha value is -0.860. The van der Waals surface area contributed by atoms with E-state index in [0.717, 1.165) is 24.9 Å². The summed E-state index contributed by atoms with van der Waals surface area (Å²) in [7, 11) is 0. The van der Waals surface area contributed by atoms with Crippen molar-refractivity contribution in [1.82, 2.24) is 10.3 Å². The first-order chi connectivity index (χ1) is 7.22. The molecule has 1 rings (SSSR count). The summed E-state index contributed by atoms with van der Waals surface area (Å²) in [5.41, 5.74) is 1.16. The van der Waals surface area contributed by atoms with E-state index in [1.807, 2.05) is 18.2 Å². The topological polar surface area (TPSA) is 24.9 Å². The lowest BCUT2D eigenvalue weighted by atomic mass is 10.1. The molecule has 0 aliphatic heterocycles. The molecule has 0 saturated carbocycles. The van der Waals surface area contributed by atoms with Crippen molar-refractivity contribution >= 4 is 11.6 Å². The van der Waals surface area contributed by atoms with Gasteiger partial charge in [-0.25, -0.2) is 4.98 Å². The van der Waals surface area contributed by atoms with Gasteiger partial charge in [0.15, 0.2) is 0 Å². The summed E-state index contributed by atoms with van der Waals surface area (Å²) in [5, 5.41) is 3.96. The van der Waals surface area contributed by atoms with Gasteiger partial charge in [0.05, 0.1) is 0 Å². The minimum Gasteiger partial charge on any atom is -0.310 e. The van der Waals surface area contributed by atoms with E-state index in [1.54, 1.807) is 6.20 Å². The summed E-state index contributed by atoms with van der Waals surface area (Å²) < 4.78 is 0.